The number of hydrogen-bond donors (Lipinski definition) is 0. The van der Waals surface area contributed by atoms with E-state index in [2.05, 4.69) is 19.9 Å². The fourth-order valence-electron chi connectivity index (χ4n) is 5.53. The van der Waals surface area contributed by atoms with E-state index in [1.807, 2.05) is 13.1 Å². The monoisotopic (exact) mass is 323 g/mol. The highest BCUT2D eigenvalue weighted by atomic mass is 16.5. The zero-order valence-corrected chi connectivity index (χ0v) is 14.8. The molecule has 4 nitrogen and oxygen atoms in total. The smallest absolute Gasteiger partial charge is 0.111 e. The van der Waals surface area contributed by atoms with Crippen LogP contribution < -0.4 is 0 Å². The van der Waals surface area contributed by atoms with Crippen molar-refractivity contribution in [3.05, 3.63) is 29.3 Å². The second kappa shape index (κ2) is 4.75. The third-order valence-electron chi connectivity index (χ3n) is 6.37. The predicted octanol–water partition coefficient (Wildman–Crippen LogP) is 4.06. The van der Waals surface area contributed by atoms with E-state index in [9.17, 15) is 0 Å². The Hall–Kier alpha value is -1.55. The molecule has 0 amide bonds. The van der Waals surface area contributed by atoms with Gasteiger partial charge < -0.3 is 4.74 Å². The fourth-order valence-corrected chi connectivity index (χ4v) is 5.53. The lowest BCUT2D eigenvalue weighted by Gasteiger charge is -2.69. The van der Waals surface area contributed by atoms with Crippen LogP contribution in [0.2, 0.25) is 0 Å². The van der Waals surface area contributed by atoms with E-state index in [0.717, 1.165) is 36.2 Å². The Labute approximate surface area is 143 Å². The number of nitrogens with zero attached hydrogens (tertiary/aromatic N) is 3. The Kier molecular flexibility index (Phi) is 2.92. The molecule has 126 valence electrons. The highest BCUT2D eigenvalue weighted by molar-refractivity contribution is 5.79. The molecule has 0 aromatic carbocycles. The van der Waals surface area contributed by atoms with Crippen molar-refractivity contribution in [1.82, 2.24) is 15.0 Å². The molecular weight excluding hydrogens is 298 g/mol. The van der Waals surface area contributed by atoms with Gasteiger partial charge in [0, 0.05) is 29.8 Å². The molecule has 6 rings (SSSR count). The van der Waals surface area contributed by atoms with Gasteiger partial charge in [0.25, 0.3) is 0 Å². The average Bonchev–Trinajstić information content (AvgIpc) is 2.49. The van der Waals surface area contributed by atoms with Crippen molar-refractivity contribution in [2.45, 2.75) is 70.3 Å². The van der Waals surface area contributed by atoms with Crippen LogP contribution in [0.5, 0.6) is 0 Å². The van der Waals surface area contributed by atoms with Gasteiger partial charge in [-0.25, -0.2) is 4.98 Å². The maximum Gasteiger partial charge on any atom is 0.111 e. The van der Waals surface area contributed by atoms with E-state index >= 15 is 0 Å². The summed E-state index contributed by atoms with van der Waals surface area (Å²) in [6, 6.07) is 2.19. The summed E-state index contributed by atoms with van der Waals surface area (Å²) in [6.45, 7) is 7.42. The van der Waals surface area contributed by atoms with Crippen LogP contribution in [0.1, 0.15) is 69.0 Å². The molecule has 3 aliphatic carbocycles. The summed E-state index contributed by atoms with van der Waals surface area (Å²) in [5, 5.41) is 0. The Morgan fingerprint density at radius 2 is 2.00 bits per heavy atom. The molecule has 3 heterocycles. The van der Waals surface area contributed by atoms with Gasteiger partial charge in [0.2, 0.25) is 0 Å². The number of rotatable bonds is 2. The lowest BCUT2D eigenvalue weighted by molar-refractivity contribution is -0.127. The van der Waals surface area contributed by atoms with Gasteiger partial charge in [-0.3, -0.25) is 9.97 Å². The first-order valence-corrected chi connectivity index (χ1v) is 9.23. The Morgan fingerprint density at radius 1 is 1.21 bits per heavy atom. The SMILES string of the molecule is Cc1cnc2c(C34CC(C)(C3)C4)nc([C@H]3CCO[C@H](C)C3)cc2n1. The number of pyridine rings is 1. The third kappa shape index (κ3) is 2.05. The number of fused-ring (bicyclic) bond motifs is 1. The van der Waals surface area contributed by atoms with Crippen LogP contribution in [0.25, 0.3) is 11.0 Å². The standard InChI is InChI=1S/C20H25N3O/c1-12-8-21-17-16(22-12)7-15(14-4-5-24-13(2)6-14)23-18(17)20-9-19(3,10-20)11-20/h7-8,13-14H,4-6,9-11H2,1-3H3/t13-,14+,19?,20?/m1/s1. The van der Waals surface area contributed by atoms with Crippen LogP contribution in [0.15, 0.2) is 12.3 Å². The first kappa shape index (κ1) is 14.8. The van der Waals surface area contributed by atoms with Gasteiger partial charge in [-0.2, -0.15) is 0 Å². The minimum atomic E-state index is 0.281. The summed E-state index contributed by atoms with van der Waals surface area (Å²) in [7, 11) is 0. The zero-order valence-electron chi connectivity index (χ0n) is 14.8. The van der Waals surface area contributed by atoms with Crippen LogP contribution >= 0.6 is 0 Å². The van der Waals surface area contributed by atoms with Gasteiger partial charge in [-0.1, -0.05) is 6.92 Å². The van der Waals surface area contributed by atoms with Gasteiger partial charge in [0.05, 0.1) is 23.0 Å². The van der Waals surface area contributed by atoms with E-state index in [-0.39, 0.29) is 5.41 Å². The summed E-state index contributed by atoms with van der Waals surface area (Å²) in [5.74, 6) is 0.488. The molecule has 0 spiro atoms. The molecule has 2 atom stereocenters. The molecule has 2 bridgehead atoms. The molecule has 2 aromatic rings. The number of aryl methyl sites for hydroxylation is 1. The number of hydrogen-bond acceptors (Lipinski definition) is 4. The first-order chi connectivity index (χ1) is 11.5. The second-order valence-corrected chi connectivity index (χ2v) is 8.80. The van der Waals surface area contributed by atoms with Crippen molar-refractivity contribution in [2.75, 3.05) is 6.61 Å². The zero-order chi connectivity index (χ0) is 16.5. The summed E-state index contributed by atoms with van der Waals surface area (Å²) < 4.78 is 5.73. The Morgan fingerprint density at radius 3 is 2.71 bits per heavy atom. The van der Waals surface area contributed by atoms with E-state index in [1.165, 1.54) is 30.7 Å². The third-order valence-corrected chi connectivity index (χ3v) is 6.37. The van der Waals surface area contributed by atoms with Crippen LogP contribution in [0, 0.1) is 12.3 Å². The number of ether oxygens (including phenoxy) is 1. The van der Waals surface area contributed by atoms with Crippen molar-refractivity contribution < 1.29 is 4.74 Å². The quantitative estimate of drug-likeness (QED) is 0.836. The first-order valence-electron chi connectivity index (χ1n) is 9.23. The molecule has 0 unspecified atom stereocenters. The highest BCUT2D eigenvalue weighted by Gasteiger charge is 2.67. The van der Waals surface area contributed by atoms with E-state index in [4.69, 9.17) is 19.7 Å². The van der Waals surface area contributed by atoms with E-state index in [1.54, 1.807) is 0 Å². The van der Waals surface area contributed by atoms with Crippen LogP contribution in [-0.2, 0) is 10.2 Å². The molecule has 3 saturated carbocycles. The number of aromatic nitrogens is 3. The summed E-state index contributed by atoms with van der Waals surface area (Å²) in [4.78, 5) is 14.7. The molecule has 2 aromatic heterocycles. The predicted molar refractivity (Wildman–Crippen MR) is 93.1 cm³/mol. The minimum absolute atomic E-state index is 0.281. The van der Waals surface area contributed by atoms with Gasteiger partial charge in [-0.15, -0.1) is 0 Å². The molecule has 4 heteroatoms. The molecule has 0 N–H and O–H groups in total. The molecule has 4 fully saturated rings. The minimum Gasteiger partial charge on any atom is -0.378 e. The maximum atomic E-state index is 5.73. The van der Waals surface area contributed by atoms with Crippen molar-refractivity contribution in [2.24, 2.45) is 5.41 Å². The van der Waals surface area contributed by atoms with Crippen molar-refractivity contribution in [3.8, 4) is 0 Å². The molecular formula is C20H25N3O. The van der Waals surface area contributed by atoms with Crippen molar-refractivity contribution in [1.29, 1.82) is 0 Å². The van der Waals surface area contributed by atoms with E-state index in [0.29, 0.717) is 17.4 Å². The summed E-state index contributed by atoms with van der Waals surface area (Å²) in [6.07, 6.45) is 8.13. The second-order valence-electron chi connectivity index (χ2n) is 8.80. The van der Waals surface area contributed by atoms with Gasteiger partial charge in [0.1, 0.15) is 5.52 Å². The Bertz CT molecular complexity index is 811. The van der Waals surface area contributed by atoms with Crippen molar-refractivity contribution >= 4 is 11.0 Å². The molecule has 0 radical (unpaired) electrons. The Balaban J connectivity index is 1.63. The largest absolute Gasteiger partial charge is 0.378 e. The van der Waals surface area contributed by atoms with Crippen molar-refractivity contribution in [3.63, 3.8) is 0 Å². The maximum absolute atomic E-state index is 5.73. The molecule has 24 heavy (non-hydrogen) atoms. The van der Waals surface area contributed by atoms with Gasteiger partial charge >= 0.3 is 0 Å². The van der Waals surface area contributed by atoms with Crippen LogP contribution in [0.4, 0.5) is 0 Å². The summed E-state index contributed by atoms with van der Waals surface area (Å²) in [5.41, 5.74) is 6.33. The molecule has 4 aliphatic rings. The normalized spacial score (nSPS) is 37.8. The lowest BCUT2D eigenvalue weighted by atomic mass is 9.35. The van der Waals surface area contributed by atoms with Gasteiger partial charge in [0.15, 0.2) is 0 Å². The highest BCUT2D eigenvalue weighted by Crippen LogP contribution is 2.73. The fraction of sp³-hybridized carbons (Fsp3) is 0.650. The van der Waals surface area contributed by atoms with Crippen LogP contribution in [0.3, 0.4) is 0 Å². The lowest BCUT2D eigenvalue weighted by Crippen LogP contribution is -2.63. The molecule has 1 saturated heterocycles. The van der Waals surface area contributed by atoms with Crippen LogP contribution in [-0.4, -0.2) is 27.7 Å². The van der Waals surface area contributed by atoms with E-state index < -0.39 is 0 Å². The average molecular weight is 323 g/mol. The summed E-state index contributed by atoms with van der Waals surface area (Å²) >= 11 is 0. The topological polar surface area (TPSA) is 47.9 Å². The molecule has 1 aliphatic heterocycles. The van der Waals surface area contributed by atoms with Gasteiger partial charge in [-0.05, 0) is 57.4 Å².